The van der Waals surface area contributed by atoms with Crippen LogP contribution in [-0.2, 0) is 24.1 Å². The molecule has 0 radical (unpaired) electrons. The number of hydrogen-bond acceptors (Lipinski definition) is 2. The number of amides is 1. The van der Waals surface area contributed by atoms with Crippen molar-refractivity contribution in [1.82, 2.24) is 4.98 Å². The lowest BCUT2D eigenvalue weighted by Gasteiger charge is -2.15. The number of pyridine rings is 1. The number of nitrogens with one attached hydrogen (secondary N) is 2. The van der Waals surface area contributed by atoms with Crippen LogP contribution in [0, 0.1) is 5.82 Å². The quantitative estimate of drug-likeness (QED) is 0.915. The van der Waals surface area contributed by atoms with Gasteiger partial charge in [0.2, 0.25) is 5.91 Å². The number of hydrogen-bond donors (Lipinski definition) is 2. The Labute approximate surface area is 127 Å². The number of halogens is 1. The molecule has 5 heteroatoms. The van der Waals surface area contributed by atoms with Gasteiger partial charge in [-0.05, 0) is 49.9 Å². The zero-order valence-corrected chi connectivity index (χ0v) is 12.1. The Bertz CT molecular complexity index is 750. The largest absolute Gasteiger partial charge is 0.364 e. The number of aromatic amines is 1. The first-order valence-corrected chi connectivity index (χ1v) is 7.41. The second kappa shape index (κ2) is 6.13. The third-order valence-corrected chi connectivity index (χ3v) is 3.93. The van der Waals surface area contributed by atoms with Gasteiger partial charge in [-0.25, -0.2) is 4.39 Å². The fourth-order valence-electron chi connectivity index (χ4n) is 2.79. The van der Waals surface area contributed by atoms with Gasteiger partial charge in [-0.3, -0.25) is 9.59 Å². The molecule has 1 aromatic carbocycles. The molecule has 22 heavy (non-hydrogen) atoms. The molecule has 1 amide bonds. The Hall–Kier alpha value is -2.43. The third kappa shape index (κ3) is 3.08. The summed E-state index contributed by atoms with van der Waals surface area (Å²) < 4.78 is 12.8. The minimum atomic E-state index is -0.357. The van der Waals surface area contributed by atoms with Gasteiger partial charge in [0.1, 0.15) is 5.82 Å². The Kier molecular flexibility index (Phi) is 4.04. The molecule has 4 nitrogen and oxygen atoms in total. The Morgan fingerprint density at radius 2 is 1.91 bits per heavy atom. The summed E-state index contributed by atoms with van der Waals surface area (Å²) >= 11 is 0. The van der Waals surface area contributed by atoms with E-state index in [4.69, 9.17) is 0 Å². The maximum atomic E-state index is 12.8. The molecule has 0 fully saturated rings. The van der Waals surface area contributed by atoms with Crippen molar-refractivity contribution in [2.75, 3.05) is 5.32 Å². The lowest BCUT2D eigenvalue weighted by molar-refractivity contribution is -0.115. The van der Waals surface area contributed by atoms with E-state index in [9.17, 15) is 14.0 Å². The van der Waals surface area contributed by atoms with E-state index in [0.29, 0.717) is 11.3 Å². The predicted molar refractivity (Wildman–Crippen MR) is 82.4 cm³/mol. The van der Waals surface area contributed by atoms with Crippen LogP contribution in [0.1, 0.15) is 29.7 Å². The van der Waals surface area contributed by atoms with Crippen LogP contribution in [0.4, 0.5) is 10.1 Å². The molecule has 1 heterocycles. The zero-order chi connectivity index (χ0) is 15.5. The van der Waals surface area contributed by atoms with E-state index in [1.807, 2.05) is 0 Å². The molecule has 0 spiro atoms. The van der Waals surface area contributed by atoms with Crippen molar-refractivity contribution in [3.05, 3.63) is 63.3 Å². The highest BCUT2D eigenvalue weighted by atomic mass is 19.1. The van der Waals surface area contributed by atoms with E-state index in [1.165, 1.54) is 24.3 Å². The number of carbonyl (C=O) groups excluding carboxylic acids is 1. The highest BCUT2D eigenvalue weighted by Crippen LogP contribution is 2.16. The standard InChI is InChI=1S/C17H17FN2O2/c18-12-5-7-13(8-6-12)20-16(21)9-11-10-19-15-4-2-1-3-14(15)17(11)22/h5-8,10H,1-4,9H2,(H,19,22)(H,20,21). The van der Waals surface area contributed by atoms with Crippen molar-refractivity contribution < 1.29 is 9.18 Å². The van der Waals surface area contributed by atoms with Crippen LogP contribution in [-0.4, -0.2) is 10.9 Å². The molecule has 0 saturated heterocycles. The Morgan fingerprint density at radius 1 is 1.18 bits per heavy atom. The van der Waals surface area contributed by atoms with Crippen molar-refractivity contribution in [3.8, 4) is 0 Å². The highest BCUT2D eigenvalue weighted by Gasteiger charge is 2.16. The van der Waals surface area contributed by atoms with E-state index in [1.54, 1.807) is 6.20 Å². The van der Waals surface area contributed by atoms with Gasteiger partial charge in [0.15, 0.2) is 5.43 Å². The molecule has 0 atom stereocenters. The Morgan fingerprint density at radius 3 is 2.68 bits per heavy atom. The lowest BCUT2D eigenvalue weighted by atomic mass is 9.94. The lowest BCUT2D eigenvalue weighted by Crippen LogP contribution is -2.25. The monoisotopic (exact) mass is 300 g/mol. The van der Waals surface area contributed by atoms with Gasteiger partial charge in [-0.15, -0.1) is 0 Å². The molecule has 0 saturated carbocycles. The molecular formula is C17H17FN2O2. The molecule has 114 valence electrons. The maximum Gasteiger partial charge on any atom is 0.228 e. The van der Waals surface area contributed by atoms with Gasteiger partial charge in [-0.2, -0.15) is 0 Å². The van der Waals surface area contributed by atoms with E-state index >= 15 is 0 Å². The summed E-state index contributed by atoms with van der Waals surface area (Å²) in [5.41, 5.74) is 2.78. The summed E-state index contributed by atoms with van der Waals surface area (Å²) in [6.07, 6.45) is 5.43. The third-order valence-electron chi connectivity index (χ3n) is 3.93. The summed E-state index contributed by atoms with van der Waals surface area (Å²) in [4.78, 5) is 27.6. The number of aryl methyl sites for hydroxylation is 1. The van der Waals surface area contributed by atoms with Crippen molar-refractivity contribution in [3.63, 3.8) is 0 Å². The topological polar surface area (TPSA) is 62.0 Å². The van der Waals surface area contributed by atoms with Crippen molar-refractivity contribution in [2.24, 2.45) is 0 Å². The molecule has 0 unspecified atom stereocenters. The molecule has 2 aromatic rings. The minimum absolute atomic E-state index is 0.0139. The number of benzene rings is 1. The van der Waals surface area contributed by atoms with Crippen LogP contribution in [0.3, 0.4) is 0 Å². The van der Waals surface area contributed by atoms with Crippen LogP contribution in [0.25, 0.3) is 0 Å². The number of carbonyl (C=O) groups is 1. The van der Waals surface area contributed by atoms with Crippen LogP contribution < -0.4 is 10.7 Å². The maximum absolute atomic E-state index is 12.8. The fraction of sp³-hybridized carbons (Fsp3) is 0.294. The second-order valence-electron chi connectivity index (χ2n) is 5.54. The van der Waals surface area contributed by atoms with Crippen LogP contribution in [0.5, 0.6) is 0 Å². The van der Waals surface area contributed by atoms with E-state index < -0.39 is 0 Å². The zero-order valence-electron chi connectivity index (χ0n) is 12.1. The van der Waals surface area contributed by atoms with Crippen LogP contribution >= 0.6 is 0 Å². The SMILES string of the molecule is O=C(Cc1c[nH]c2c(c1=O)CCCC2)Nc1ccc(F)cc1. The number of H-pyrrole nitrogens is 1. The highest BCUT2D eigenvalue weighted by molar-refractivity contribution is 5.92. The first kappa shape index (κ1) is 14.5. The minimum Gasteiger partial charge on any atom is -0.364 e. The average molecular weight is 300 g/mol. The normalized spacial score (nSPS) is 13.5. The van der Waals surface area contributed by atoms with Gasteiger partial charge < -0.3 is 10.3 Å². The first-order valence-electron chi connectivity index (χ1n) is 7.41. The number of rotatable bonds is 3. The molecule has 3 rings (SSSR count). The number of aromatic nitrogens is 1. The van der Waals surface area contributed by atoms with Crippen molar-refractivity contribution >= 4 is 11.6 Å². The van der Waals surface area contributed by atoms with Gasteiger partial charge in [0.05, 0.1) is 6.42 Å². The molecule has 1 aliphatic rings. The second-order valence-corrected chi connectivity index (χ2v) is 5.54. The van der Waals surface area contributed by atoms with Crippen LogP contribution in [0.15, 0.2) is 35.3 Å². The van der Waals surface area contributed by atoms with Crippen LogP contribution in [0.2, 0.25) is 0 Å². The molecule has 1 aliphatic carbocycles. The summed E-state index contributed by atoms with van der Waals surface area (Å²) in [6, 6.07) is 5.54. The summed E-state index contributed by atoms with van der Waals surface area (Å²) in [6.45, 7) is 0. The smallest absolute Gasteiger partial charge is 0.228 e. The Balaban J connectivity index is 1.74. The molecule has 0 bridgehead atoms. The van der Waals surface area contributed by atoms with Gasteiger partial charge in [-0.1, -0.05) is 0 Å². The summed E-state index contributed by atoms with van der Waals surface area (Å²) in [7, 11) is 0. The first-order chi connectivity index (χ1) is 10.6. The van der Waals surface area contributed by atoms with Gasteiger partial charge in [0, 0.05) is 28.7 Å². The van der Waals surface area contributed by atoms with E-state index in [0.717, 1.165) is 36.9 Å². The van der Waals surface area contributed by atoms with Crippen molar-refractivity contribution in [2.45, 2.75) is 32.1 Å². The van der Waals surface area contributed by atoms with Gasteiger partial charge in [0.25, 0.3) is 0 Å². The fourth-order valence-corrected chi connectivity index (χ4v) is 2.79. The molecule has 2 N–H and O–H groups in total. The van der Waals surface area contributed by atoms with E-state index in [-0.39, 0.29) is 23.6 Å². The number of fused-ring (bicyclic) bond motifs is 1. The summed E-state index contributed by atoms with van der Waals surface area (Å²) in [5, 5.41) is 2.67. The molecule has 1 aromatic heterocycles. The molecule has 0 aliphatic heterocycles. The average Bonchev–Trinajstić information content (AvgIpc) is 2.53. The molecular weight excluding hydrogens is 283 g/mol. The number of anilines is 1. The summed E-state index contributed by atoms with van der Waals surface area (Å²) in [5.74, 6) is -0.642. The van der Waals surface area contributed by atoms with Gasteiger partial charge >= 0.3 is 0 Å². The van der Waals surface area contributed by atoms with Crippen molar-refractivity contribution in [1.29, 1.82) is 0 Å². The predicted octanol–water partition coefficient (Wildman–Crippen LogP) is 2.57. The van der Waals surface area contributed by atoms with E-state index in [2.05, 4.69) is 10.3 Å².